The van der Waals surface area contributed by atoms with Crippen LogP contribution in [-0.4, -0.2) is 19.1 Å². The van der Waals surface area contributed by atoms with E-state index in [-0.39, 0.29) is 23.7 Å². The molecule has 19 heavy (non-hydrogen) atoms. The van der Waals surface area contributed by atoms with Crippen LogP contribution in [-0.2, 0) is 4.79 Å². The Morgan fingerprint density at radius 2 is 1.89 bits per heavy atom. The molecule has 0 aliphatic rings. The lowest BCUT2D eigenvalue weighted by Crippen LogP contribution is -2.29. The standard InChI is InChI=1S/C14H22N2O2.ClH/c1-4-14(2,3)13(17)16-11-5-7-12(8-6-11)18-10-9-15;/h5-8H,4,9-10,15H2,1-3H3,(H,16,17);1H. The Balaban J connectivity index is 0.00000324. The third-order valence-electron chi connectivity index (χ3n) is 3.00. The number of anilines is 1. The fourth-order valence-corrected chi connectivity index (χ4v) is 1.27. The summed E-state index contributed by atoms with van der Waals surface area (Å²) in [6.07, 6.45) is 0.802. The third-order valence-corrected chi connectivity index (χ3v) is 3.00. The van der Waals surface area contributed by atoms with Crippen molar-refractivity contribution in [3.05, 3.63) is 24.3 Å². The molecule has 0 aliphatic carbocycles. The fraction of sp³-hybridized carbons (Fsp3) is 0.500. The zero-order valence-electron chi connectivity index (χ0n) is 11.7. The van der Waals surface area contributed by atoms with E-state index in [0.29, 0.717) is 13.2 Å². The molecule has 1 amide bonds. The molecule has 1 rings (SSSR count). The van der Waals surface area contributed by atoms with E-state index in [4.69, 9.17) is 10.5 Å². The van der Waals surface area contributed by atoms with Crippen molar-refractivity contribution in [2.45, 2.75) is 27.2 Å². The van der Waals surface area contributed by atoms with Gasteiger partial charge in [0.15, 0.2) is 0 Å². The summed E-state index contributed by atoms with van der Waals surface area (Å²) in [4.78, 5) is 12.0. The number of carbonyl (C=O) groups excluding carboxylic acids is 1. The van der Waals surface area contributed by atoms with Gasteiger partial charge in [0.1, 0.15) is 12.4 Å². The first-order valence-corrected chi connectivity index (χ1v) is 6.24. The number of amides is 1. The van der Waals surface area contributed by atoms with Gasteiger partial charge in [-0.1, -0.05) is 20.8 Å². The van der Waals surface area contributed by atoms with Crippen LogP contribution in [0, 0.1) is 5.41 Å². The van der Waals surface area contributed by atoms with E-state index in [1.165, 1.54) is 0 Å². The highest BCUT2D eigenvalue weighted by Crippen LogP contribution is 2.23. The average molecular weight is 287 g/mol. The first-order valence-electron chi connectivity index (χ1n) is 6.24. The highest BCUT2D eigenvalue weighted by atomic mass is 35.5. The maximum atomic E-state index is 12.0. The minimum atomic E-state index is -0.352. The lowest BCUT2D eigenvalue weighted by molar-refractivity contribution is -0.124. The van der Waals surface area contributed by atoms with Gasteiger partial charge in [0.2, 0.25) is 5.91 Å². The summed E-state index contributed by atoms with van der Waals surface area (Å²) in [5.74, 6) is 0.786. The zero-order chi connectivity index (χ0) is 13.6. The second-order valence-corrected chi connectivity index (χ2v) is 4.85. The average Bonchev–Trinajstić information content (AvgIpc) is 2.37. The van der Waals surface area contributed by atoms with Gasteiger partial charge in [-0.05, 0) is 30.7 Å². The molecule has 0 fully saturated rings. The van der Waals surface area contributed by atoms with Crippen molar-refractivity contribution >= 4 is 24.0 Å². The van der Waals surface area contributed by atoms with Crippen LogP contribution < -0.4 is 15.8 Å². The molecule has 0 bridgehead atoms. The summed E-state index contributed by atoms with van der Waals surface area (Å²) in [6.45, 7) is 6.85. The largest absolute Gasteiger partial charge is 0.492 e. The van der Waals surface area contributed by atoms with E-state index in [0.717, 1.165) is 17.9 Å². The quantitative estimate of drug-likeness (QED) is 0.845. The van der Waals surface area contributed by atoms with Crippen LogP contribution in [0.5, 0.6) is 5.75 Å². The van der Waals surface area contributed by atoms with Crippen LogP contribution >= 0.6 is 12.4 Å². The summed E-state index contributed by atoms with van der Waals surface area (Å²) in [5.41, 5.74) is 5.78. The number of halogens is 1. The van der Waals surface area contributed by atoms with Gasteiger partial charge >= 0.3 is 0 Å². The van der Waals surface area contributed by atoms with Crippen LogP contribution in [0.15, 0.2) is 24.3 Å². The highest BCUT2D eigenvalue weighted by molar-refractivity contribution is 5.94. The van der Waals surface area contributed by atoms with Gasteiger partial charge < -0.3 is 15.8 Å². The van der Waals surface area contributed by atoms with Crippen molar-refractivity contribution in [1.29, 1.82) is 0 Å². The molecule has 0 spiro atoms. The Labute approximate surface area is 121 Å². The predicted molar refractivity (Wildman–Crippen MR) is 80.9 cm³/mol. The molecule has 0 aromatic heterocycles. The van der Waals surface area contributed by atoms with Gasteiger partial charge in [-0.3, -0.25) is 4.79 Å². The van der Waals surface area contributed by atoms with E-state index >= 15 is 0 Å². The van der Waals surface area contributed by atoms with E-state index in [1.54, 1.807) is 0 Å². The van der Waals surface area contributed by atoms with Gasteiger partial charge in [-0.25, -0.2) is 0 Å². The molecule has 0 saturated carbocycles. The number of ether oxygens (including phenoxy) is 1. The van der Waals surface area contributed by atoms with Crippen molar-refractivity contribution < 1.29 is 9.53 Å². The lowest BCUT2D eigenvalue weighted by atomic mass is 9.89. The monoisotopic (exact) mass is 286 g/mol. The molecule has 5 heteroatoms. The topological polar surface area (TPSA) is 64.3 Å². The number of nitrogens with two attached hydrogens (primary N) is 1. The van der Waals surface area contributed by atoms with Crippen LogP contribution in [0.2, 0.25) is 0 Å². The SMILES string of the molecule is CCC(C)(C)C(=O)Nc1ccc(OCCN)cc1.Cl. The van der Waals surface area contributed by atoms with Crippen LogP contribution in [0.4, 0.5) is 5.69 Å². The molecule has 1 aromatic rings. The summed E-state index contributed by atoms with van der Waals surface area (Å²) >= 11 is 0. The Kier molecular flexibility index (Phi) is 7.49. The molecule has 1 aromatic carbocycles. The highest BCUT2D eigenvalue weighted by Gasteiger charge is 2.25. The molecular formula is C14H23ClN2O2. The number of hydrogen-bond donors (Lipinski definition) is 2. The maximum absolute atomic E-state index is 12.0. The second-order valence-electron chi connectivity index (χ2n) is 4.85. The first kappa shape index (κ1) is 17.7. The molecular weight excluding hydrogens is 264 g/mol. The number of nitrogens with one attached hydrogen (secondary N) is 1. The van der Waals surface area contributed by atoms with Gasteiger partial charge in [-0.2, -0.15) is 0 Å². The number of carbonyl (C=O) groups is 1. The minimum Gasteiger partial charge on any atom is -0.492 e. The molecule has 0 aliphatic heterocycles. The lowest BCUT2D eigenvalue weighted by Gasteiger charge is -2.21. The van der Waals surface area contributed by atoms with Crippen molar-refractivity contribution in [1.82, 2.24) is 0 Å². The van der Waals surface area contributed by atoms with E-state index < -0.39 is 0 Å². The van der Waals surface area contributed by atoms with E-state index in [1.807, 2.05) is 45.0 Å². The normalized spacial score (nSPS) is 10.5. The minimum absolute atomic E-state index is 0. The Morgan fingerprint density at radius 3 is 2.37 bits per heavy atom. The molecule has 0 saturated heterocycles. The summed E-state index contributed by atoms with van der Waals surface area (Å²) in [7, 11) is 0. The Bertz CT molecular complexity index is 391. The molecule has 3 N–H and O–H groups in total. The van der Waals surface area contributed by atoms with Crippen molar-refractivity contribution in [2.75, 3.05) is 18.5 Å². The zero-order valence-corrected chi connectivity index (χ0v) is 12.5. The van der Waals surface area contributed by atoms with Crippen molar-refractivity contribution in [2.24, 2.45) is 11.1 Å². The van der Waals surface area contributed by atoms with Gasteiger partial charge in [-0.15, -0.1) is 12.4 Å². The first-order chi connectivity index (χ1) is 8.49. The fourth-order valence-electron chi connectivity index (χ4n) is 1.27. The molecule has 4 nitrogen and oxygen atoms in total. The molecule has 0 heterocycles. The van der Waals surface area contributed by atoms with Crippen LogP contribution in [0.1, 0.15) is 27.2 Å². The third kappa shape index (κ3) is 5.49. The van der Waals surface area contributed by atoms with Gasteiger partial charge in [0.25, 0.3) is 0 Å². The molecule has 0 atom stereocenters. The number of rotatable bonds is 6. The van der Waals surface area contributed by atoms with E-state index in [9.17, 15) is 4.79 Å². The van der Waals surface area contributed by atoms with Crippen molar-refractivity contribution in [3.8, 4) is 5.75 Å². The smallest absolute Gasteiger partial charge is 0.230 e. The maximum Gasteiger partial charge on any atom is 0.230 e. The van der Waals surface area contributed by atoms with Crippen LogP contribution in [0.3, 0.4) is 0 Å². The predicted octanol–water partition coefficient (Wildman–Crippen LogP) is 2.82. The summed E-state index contributed by atoms with van der Waals surface area (Å²) < 4.78 is 5.37. The second kappa shape index (κ2) is 8.02. The van der Waals surface area contributed by atoms with Gasteiger partial charge in [0, 0.05) is 17.6 Å². The number of benzene rings is 1. The Hall–Kier alpha value is -1.26. The number of hydrogen-bond acceptors (Lipinski definition) is 3. The Morgan fingerprint density at radius 1 is 1.32 bits per heavy atom. The van der Waals surface area contributed by atoms with Crippen LogP contribution in [0.25, 0.3) is 0 Å². The molecule has 108 valence electrons. The molecule has 0 unspecified atom stereocenters. The van der Waals surface area contributed by atoms with Crippen molar-refractivity contribution in [3.63, 3.8) is 0 Å². The summed E-state index contributed by atoms with van der Waals surface area (Å²) in [6, 6.07) is 7.30. The van der Waals surface area contributed by atoms with Gasteiger partial charge in [0.05, 0.1) is 0 Å². The van der Waals surface area contributed by atoms with E-state index in [2.05, 4.69) is 5.32 Å². The molecule has 0 radical (unpaired) electrons. The summed E-state index contributed by atoms with van der Waals surface area (Å²) in [5, 5.41) is 2.90.